The Bertz CT molecular complexity index is 654. The summed E-state index contributed by atoms with van der Waals surface area (Å²) in [5.74, 6) is 0.00746. The summed E-state index contributed by atoms with van der Waals surface area (Å²) >= 11 is 1.47. The Kier molecular flexibility index (Phi) is 4.55. The number of likely N-dealkylation sites (tertiary alicyclic amines) is 1. The second kappa shape index (κ2) is 6.58. The monoisotopic (exact) mass is 316 g/mol. The van der Waals surface area contributed by atoms with Gasteiger partial charge < -0.3 is 10.0 Å². The van der Waals surface area contributed by atoms with Gasteiger partial charge in [-0.2, -0.15) is 0 Å². The first-order chi connectivity index (χ1) is 10.6. The fourth-order valence-electron chi connectivity index (χ4n) is 2.78. The molecule has 2 aromatic rings. The van der Waals surface area contributed by atoms with Gasteiger partial charge in [0.25, 0.3) is 5.91 Å². The Balaban J connectivity index is 1.75. The zero-order chi connectivity index (χ0) is 15.5. The van der Waals surface area contributed by atoms with Crippen LogP contribution in [0.5, 0.6) is 0 Å². The number of aliphatic hydroxyl groups is 1. The van der Waals surface area contributed by atoms with Crippen LogP contribution in [0.1, 0.15) is 38.8 Å². The molecule has 0 unspecified atom stereocenters. The third-order valence-corrected chi connectivity index (χ3v) is 5.06. The molecule has 1 aromatic carbocycles. The summed E-state index contributed by atoms with van der Waals surface area (Å²) in [4.78, 5) is 19.6. The molecular weight excluding hydrogens is 296 g/mol. The van der Waals surface area contributed by atoms with Crippen LogP contribution in [0.4, 0.5) is 0 Å². The minimum Gasteiger partial charge on any atom is -0.391 e. The highest BCUT2D eigenvalue weighted by Gasteiger charge is 2.26. The average molecular weight is 316 g/mol. The SMILES string of the molecule is Cc1nc(Cc2ccccc2)sc1C(=O)N1CCC[C@@H](O)C1. The number of nitrogens with zero attached hydrogens (tertiary/aromatic N) is 2. The molecule has 2 heterocycles. The van der Waals surface area contributed by atoms with E-state index in [-0.39, 0.29) is 5.91 Å². The van der Waals surface area contributed by atoms with Crippen molar-refractivity contribution in [1.29, 1.82) is 0 Å². The summed E-state index contributed by atoms with van der Waals surface area (Å²) < 4.78 is 0. The topological polar surface area (TPSA) is 53.4 Å². The Labute approximate surface area is 134 Å². The van der Waals surface area contributed by atoms with E-state index in [9.17, 15) is 9.90 Å². The van der Waals surface area contributed by atoms with Gasteiger partial charge in [0.2, 0.25) is 0 Å². The molecule has 1 atom stereocenters. The number of hydrogen-bond acceptors (Lipinski definition) is 4. The summed E-state index contributed by atoms with van der Waals surface area (Å²) in [5, 5.41) is 10.7. The van der Waals surface area contributed by atoms with Gasteiger partial charge in [-0.25, -0.2) is 4.98 Å². The van der Waals surface area contributed by atoms with Gasteiger partial charge in [-0.05, 0) is 25.3 Å². The quantitative estimate of drug-likeness (QED) is 0.947. The predicted octanol–water partition coefficient (Wildman–Crippen LogP) is 2.64. The van der Waals surface area contributed by atoms with Crippen LogP contribution < -0.4 is 0 Å². The number of amides is 1. The van der Waals surface area contributed by atoms with Crippen molar-refractivity contribution >= 4 is 17.2 Å². The molecule has 1 fully saturated rings. The zero-order valence-corrected chi connectivity index (χ0v) is 13.5. The van der Waals surface area contributed by atoms with Gasteiger partial charge in [0.15, 0.2) is 0 Å². The molecule has 1 aliphatic heterocycles. The smallest absolute Gasteiger partial charge is 0.265 e. The van der Waals surface area contributed by atoms with Crippen molar-refractivity contribution in [3.63, 3.8) is 0 Å². The Morgan fingerprint density at radius 3 is 2.91 bits per heavy atom. The zero-order valence-electron chi connectivity index (χ0n) is 12.7. The molecule has 0 radical (unpaired) electrons. The lowest BCUT2D eigenvalue weighted by Crippen LogP contribution is -2.42. The van der Waals surface area contributed by atoms with E-state index in [0.29, 0.717) is 11.4 Å². The highest BCUT2D eigenvalue weighted by molar-refractivity contribution is 7.13. The number of hydrogen-bond donors (Lipinski definition) is 1. The van der Waals surface area contributed by atoms with Crippen LogP contribution in [-0.4, -0.2) is 40.1 Å². The Morgan fingerprint density at radius 2 is 2.18 bits per heavy atom. The lowest BCUT2D eigenvalue weighted by atomic mass is 10.1. The Morgan fingerprint density at radius 1 is 1.41 bits per heavy atom. The number of carbonyl (C=O) groups excluding carboxylic acids is 1. The molecule has 1 saturated heterocycles. The van der Waals surface area contributed by atoms with Crippen molar-refractivity contribution < 1.29 is 9.90 Å². The molecule has 22 heavy (non-hydrogen) atoms. The molecule has 0 aliphatic carbocycles. The molecule has 0 bridgehead atoms. The normalized spacial score (nSPS) is 18.5. The van der Waals surface area contributed by atoms with Crippen LogP contribution in [0, 0.1) is 6.92 Å². The number of aliphatic hydroxyl groups excluding tert-OH is 1. The lowest BCUT2D eigenvalue weighted by Gasteiger charge is -2.29. The van der Waals surface area contributed by atoms with Gasteiger partial charge >= 0.3 is 0 Å². The largest absolute Gasteiger partial charge is 0.391 e. The summed E-state index contributed by atoms with van der Waals surface area (Å²) in [6.45, 7) is 3.05. The van der Waals surface area contributed by atoms with E-state index in [2.05, 4.69) is 17.1 Å². The molecule has 1 amide bonds. The van der Waals surface area contributed by atoms with Gasteiger partial charge in [0, 0.05) is 19.5 Å². The van der Waals surface area contributed by atoms with Gasteiger partial charge in [0.1, 0.15) is 4.88 Å². The summed E-state index contributed by atoms with van der Waals surface area (Å²) in [5.41, 5.74) is 1.99. The van der Waals surface area contributed by atoms with Gasteiger partial charge in [-0.3, -0.25) is 4.79 Å². The first-order valence-electron chi connectivity index (χ1n) is 7.61. The number of rotatable bonds is 3. The summed E-state index contributed by atoms with van der Waals surface area (Å²) in [6, 6.07) is 10.2. The molecule has 4 nitrogen and oxygen atoms in total. The van der Waals surface area contributed by atoms with Crippen LogP contribution >= 0.6 is 11.3 Å². The molecule has 1 N–H and O–H groups in total. The van der Waals surface area contributed by atoms with Gasteiger partial charge in [0.05, 0.1) is 16.8 Å². The van der Waals surface area contributed by atoms with E-state index in [1.807, 2.05) is 25.1 Å². The minimum absolute atomic E-state index is 0.00746. The highest BCUT2D eigenvalue weighted by atomic mass is 32.1. The molecule has 0 spiro atoms. The number of benzene rings is 1. The first kappa shape index (κ1) is 15.2. The van der Waals surface area contributed by atoms with Crippen molar-refractivity contribution in [3.8, 4) is 0 Å². The number of β-amino-alcohol motifs (C(OH)–C–C–N with tert-alkyl or cyclic N) is 1. The van der Waals surface area contributed by atoms with E-state index in [4.69, 9.17) is 0 Å². The highest BCUT2D eigenvalue weighted by Crippen LogP contribution is 2.24. The number of aryl methyl sites for hydroxylation is 1. The van der Waals surface area contributed by atoms with Crippen LogP contribution in [0.25, 0.3) is 0 Å². The Hall–Kier alpha value is -1.72. The van der Waals surface area contributed by atoms with Gasteiger partial charge in [-0.15, -0.1) is 11.3 Å². The van der Waals surface area contributed by atoms with Crippen LogP contribution in [0.2, 0.25) is 0 Å². The van der Waals surface area contributed by atoms with Crippen molar-refractivity contribution in [1.82, 2.24) is 9.88 Å². The molecular formula is C17H20N2O2S. The van der Waals surface area contributed by atoms with Crippen LogP contribution in [0.15, 0.2) is 30.3 Å². The minimum atomic E-state index is -0.394. The summed E-state index contributed by atoms with van der Waals surface area (Å²) in [6.07, 6.45) is 2.00. The van der Waals surface area contributed by atoms with Crippen molar-refractivity contribution in [2.45, 2.75) is 32.3 Å². The molecule has 0 saturated carbocycles. The molecule has 5 heteroatoms. The first-order valence-corrected chi connectivity index (χ1v) is 8.42. The van der Waals surface area contributed by atoms with E-state index >= 15 is 0 Å². The fraction of sp³-hybridized carbons (Fsp3) is 0.412. The third kappa shape index (κ3) is 3.36. The van der Waals surface area contributed by atoms with E-state index < -0.39 is 6.10 Å². The fourth-order valence-corrected chi connectivity index (χ4v) is 3.85. The van der Waals surface area contributed by atoms with Crippen molar-refractivity contribution in [2.75, 3.05) is 13.1 Å². The number of aromatic nitrogens is 1. The maximum absolute atomic E-state index is 12.6. The number of thiazole rings is 1. The third-order valence-electron chi connectivity index (χ3n) is 3.92. The van der Waals surface area contributed by atoms with E-state index in [0.717, 1.165) is 36.5 Å². The number of carbonyl (C=O) groups is 1. The van der Waals surface area contributed by atoms with Gasteiger partial charge in [-0.1, -0.05) is 30.3 Å². The number of piperidine rings is 1. The van der Waals surface area contributed by atoms with Crippen LogP contribution in [0.3, 0.4) is 0 Å². The maximum Gasteiger partial charge on any atom is 0.265 e. The standard InChI is InChI=1S/C17H20N2O2S/c1-12-16(17(21)19-9-5-8-14(20)11-19)22-15(18-12)10-13-6-3-2-4-7-13/h2-4,6-7,14,20H,5,8-11H2,1H3/t14-/m1/s1. The maximum atomic E-state index is 12.6. The van der Waals surface area contributed by atoms with E-state index in [1.54, 1.807) is 4.90 Å². The predicted molar refractivity (Wildman–Crippen MR) is 87.2 cm³/mol. The second-order valence-electron chi connectivity index (χ2n) is 5.73. The molecule has 116 valence electrons. The molecule has 3 rings (SSSR count). The lowest BCUT2D eigenvalue weighted by molar-refractivity contribution is 0.0477. The van der Waals surface area contributed by atoms with Crippen molar-refractivity contribution in [2.24, 2.45) is 0 Å². The second-order valence-corrected chi connectivity index (χ2v) is 6.82. The van der Waals surface area contributed by atoms with E-state index in [1.165, 1.54) is 16.9 Å². The molecule has 1 aromatic heterocycles. The van der Waals surface area contributed by atoms with Crippen LogP contribution in [-0.2, 0) is 6.42 Å². The summed E-state index contributed by atoms with van der Waals surface area (Å²) in [7, 11) is 0. The molecule has 1 aliphatic rings. The van der Waals surface area contributed by atoms with Crippen molar-refractivity contribution in [3.05, 3.63) is 51.5 Å². The average Bonchev–Trinajstić information content (AvgIpc) is 2.88.